The molecule has 0 saturated carbocycles. The van der Waals surface area contributed by atoms with Gasteiger partial charge in [-0.2, -0.15) is 8.78 Å². The van der Waals surface area contributed by atoms with Crippen molar-refractivity contribution >= 4 is 29.0 Å². The van der Waals surface area contributed by atoms with Crippen LogP contribution in [0, 0.1) is 10.1 Å². The van der Waals surface area contributed by atoms with Gasteiger partial charge >= 0.3 is 6.61 Å². The van der Waals surface area contributed by atoms with Gasteiger partial charge in [-0.25, -0.2) is 0 Å². The first-order valence-electron chi connectivity index (χ1n) is 7.10. The van der Waals surface area contributed by atoms with Crippen LogP contribution in [0.4, 0.5) is 20.2 Å². The molecule has 25 heavy (non-hydrogen) atoms. The third kappa shape index (κ3) is 6.03. The number of nitrogens with one attached hydrogen (secondary N) is 1. The van der Waals surface area contributed by atoms with E-state index < -0.39 is 11.5 Å². The number of alkyl halides is 2. The van der Waals surface area contributed by atoms with Gasteiger partial charge in [0.05, 0.1) is 16.4 Å². The number of nitro benzene ring substituents is 1. The molecule has 0 bridgehead atoms. The zero-order valence-electron chi connectivity index (χ0n) is 12.9. The van der Waals surface area contributed by atoms with E-state index in [1.54, 1.807) is 18.2 Å². The van der Waals surface area contributed by atoms with E-state index in [4.69, 9.17) is 0 Å². The van der Waals surface area contributed by atoms with E-state index in [0.29, 0.717) is 5.75 Å². The molecule has 0 spiro atoms. The SMILES string of the molecule is O=C(CSCc1ccc([N+](=O)[O-])cc1)Nc1ccccc1OC(F)F. The molecule has 132 valence electrons. The third-order valence-electron chi connectivity index (χ3n) is 3.03. The lowest BCUT2D eigenvalue weighted by molar-refractivity contribution is -0.384. The zero-order chi connectivity index (χ0) is 18.2. The van der Waals surface area contributed by atoms with Gasteiger partial charge in [0.25, 0.3) is 5.69 Å². The Hall–Kier alpha value is -2.68. The van der Waals surface area contributed by atoms with E-state index in [-0.39, 0.29) is 28.8 Å². The predicted octanol–water partition coefficient (Wildman–Crippen LogP) is 4.07. The fourth-order valence-corrected chi connectivity index (χ4v) is 2.72. The second-order valence-electron chi connectivity index (χ2n) is 4.84. The first-order chi connectivity index (χ1) is 12.0. The molecule has 2 aromatic rings. The first-order valence-corrected chi connectivity index (χ1v) is 8.26. The number of halogens is 2. The maximum atomic E-state index is 12.3. The topological polar surface area (TPSA) is 81.5 Å². The van der Waals surface area contributed by atoms with Crippen molar-refractivity contribution in [2.45, 2.75) is 12.4 Å². The summed E-state index contributed by atoms with van der Waals surface area (Å²) in [5.41, 5.74) is 1.01. The van der Waals surface area contributed by atoms with Crippen molar-refractivity contribution in [2.75, 3.05) is 11.1 Å². The minimum absolute atomic E-state index is 0.00197. The van der Waals surface area contributed by atoms with Crippen LogP contribution >= 0.6 is 11.8 Å². The molecule has 0 heterocycles. The largest absolute Gasteiger partial charge is 0.433 e. The second-order valence-corrected chi connectivity index (χ2v) is 5.82. The molecule has 0 radical (unpaired) electrons. The highest BCUT2D eigenvalue weighted by molar-refractivity contribution is 7.99. The van der Waals surface area contributed by atoms with Crippen LogP contribution in [0.15, 0.2) is 48.5 Å². The summed E-state index contributed by atoms with van der Waals surface area (Å²) in [4.78, 5) is 22.0. The van der Waals surface area contributed by atoms with E-state index in [9.17, 15) is 23.7 Å². The number of rotatable bonds is 8. The van der Waals surface area contributed by atoms with Crippen molar-refractivity contribution in [3.05, 3.63) is 64.2 Å². The number of benzene rings is 2. The van der Waals surface area contributed by atoms with Crippen molar-refractivity contribution in [1.29, 1.82) is 0 Å². The fourth-order valence-electron chi connectivity index (χ4n) is 1.93. The van der Waals surface area contributed by atoms with Gasteiger partial charge in [-0.15, -0.1) is 11.8 Å². The number of anilines is 1. The number of para-hydroxylation sites is 2. The minimum Gasteiger partial charge on any atom is -0.433 e. The Kier molecular flexibility index (Phi) is 6.70. The molecule has 0 aromatic heterocycles. The van der Waals surface area contributed by atoms with Crippen LogP contribution in [0.25, 0.3) is 0 Å². The average molecular weight is 368 g/mol. The summed E-state index contributed by atoms with van der Waals surface area (Å²) in [6.45, 7) is -2.98. The Morgan fingerprint density at radius 1 is 1.20 bits per heavy atom. The van der Waals surface area contributed by atoms with Crippen molar-refractivity contribution < 1.29 is 23.2 Å². The quantitative estimate of drug-likeness (QED) is 0.561. The van der Waals surface area contributed by atoms with Crippen LogP contribution in [0.3, 0.4) is 0 Å². The van der Waals surface area contributed by atoms with Crippen molar-refractivity contribution in [3.63, 3.8) is 0 Å². The summed E-state index contributed by atoms with van der Waals surface area (Å²) in [5.74, 6) is 0.115. The van der Waals surface area contributed by atoms with Gasteiger partial charge in [0, 0.05) is 17.9 Å². The van der Waals surface area contributed by atoms with Crippen LogP contribution < -0.4 is 10.1 Å². The summed E-state index contributed by atoms with van der Waals surface area (Å²) in [6.07, 6.45) is 0. The number of amides is 1. The molecular formula is C16H14F2N2O4S. The maximum Gasteiger partial charge on any atom is 0.387 e. The summed E-state index contributed by atoms with van der Waals surface area (Å²) in [6, 6.07) is 12.0. The Balaban J connectivity index is 1.84. The van der Waals surface area contributed by atoms with Crippen LogP contribution in [-0.2, 0) is 10.5 Å². The van der Waals surface area contributed by atoms with E-state index >= 15 is 0 Å². The number of nitro groups is 1. The van der Waals surface area contributed by atoms with Crippen molar-refractivity contribution in [3.8, 4) is 5.75 Å². The Morgan fingerprint density at radius 3 is 2.52 bits per heavy atom. The number of ether oxygens (including phenoxy) is 1. The van der Waals surface area contributed by atoms with Gasteiger partial charge in [0.15, 0.2) is 0 Å². The highest BCUT2D eigenvalue weighted by Gasteiger charge is 2.11. The monoisotopic (exact) mass is 368 g/mol. The number of carbonyl (C=O) groups is 1. The lowest BCUT2D eigenvalue weighted by Gasteiger charge is -2.11. The number of non-ortho nitro benzene ring substituents is 1. The lowest BCUT2D eigenvalue weighted by atomic mass is 10.2. The summed E-state index contributed by atoms with van der Waals surface area (Å²) >= 11 is 1.30. The van der Waals surface area contributed by atoms with E-state index in [1.165, 1.54) is 42.1 Å². The molecule has 9 heteroatoms. The normalized spacial score (nSPS) is 10.5. The maximum absolute atomic E-state index is 12.3. The van der Waals surface area contributed by atoms with E-state index in [0.717, 1.165) is 5.56 Å². The lowest BCUT2D eigenvalue weighted by Crippen LogP contribution is -2.15. The molecular weight excluding hydrogens is 354 g/mol. The zero-order valence-corrected chi connectivity index (χ0v) is 13.7. The van der Waals surface area contributed by atoms with Crippen LogP contribution in [0.5, 0.6) is 5.75 Å². The third-order valence-corrected chi connectivity index (χ3v) is 4.03. The number of thioether (sulfide) groups is 1. The van der Waals surface area contributed by atoms with Gasteiger partial charge in [0.2, 0.25) is 5.91 Å². The molecule has 0 unspecified atom stereocenters. The Morgan fingerprint density at radius 2 is 1.88 bits per heavy atom. The highest BCUT2D eigenvalue weighted by Crippen LogP contribution is 2.26. The molecule has 0 fully saturated rings. The molecule has 2 rings (SSSR count). The van der Waals surface area contributed by atoms with Crippen LogP contribution in [0.2, 0.25) is 0 Å². The first kappa shape index (κ1) is 18.7. The number of hydrogen-bond donors (Lipinski definition) is 1. The number of carbonyl (C=O) groups excluding carboxylic acids is 1. The molecule has 1 N–H and O–H groups in total. The molecule has 0 saturated heterocycles. The molecule has 0 atom stereocenters. The average Bonchev–Trinajstić information content (AvgIpc) is 2.56. The summed E-state index contributed by atoms with van der Waals surface area (Å²) in [7, 11) is 0. The smallest absolute Gasteiger partial charge is 0.387 e. The van der Waals surface area contributed by atoms with E-state index in [2.05, 4.69) is 10.1 Å². The summed E-state index contributed by atoms with van der Waals surface area (Å²) in [5, 5.41) is 13.1. The predicted molar refractivity (Wildman–Crippen MR) is 91.0 cm³/mol. The van der Waals surface area contributed by atoms with Gasteiger partial charge in [0.1, 0.15) is 5.75 Å². The molecule has 0 aliphatic heterocycles. The molecule has 0 aliphatic rings. The van der Waals surface area contributed by atoms with E-state index in [1.807, 2.05) is 0 Å². The standard InChI is InChI=1S/C16H14F2N2O4S/c17-16(18)24-14-4-2-1-3-13(14)19-15(21)10-25-9-11-5-7-12(8-6-11)20(22)23/h1-8,16H,9-10H2,(H,19,21). The van der Waals surface area contributed by atoms with Gasteiger partial charge in [-0.1, -0.05) is 24.3 Å². The number of hydrogen-bond acceptors (Lipinski definition) is 5. The number of nitrogens with zero attached hydrogens (tertiary/aromatic N) is 1. The molecule has 0 aliphatic carbocycles. The summed E-state index contributed by atoms with van der Waals surface area (Å²) < 4.78 is 29.0. The second kappa shape index (κ2) is 8.97. The fraction of sp³-hybridized carbons (Fsp3) is 0.188. The van der Waals surface area contributed by atoms with Crippen LogP contribution in [0.1, 0.15) is 5.56 Å². The minimum atomic E-state index is -2.98. The Bertz CT molecular complexity index is 741. The molecule has 2 aromatic carbocycles. The Labute approximate surface area is 146 Å². The van der Waals surface area contributed by atoms with Crippen molar-refractivity contribution in [2.24, 2.45) is 0 Å². The van der Waals surface area contributed by atoms with Gasteiger partial charge in [-0.05, 0) is 17.7 Å². The highest BCUT2D eigenvalue weighted by atomic mass is 32.2. The van der Waals surface area contributed by atoms with Crippen molar-refractivity contribution in [1.82, 2.24) is 0 Å². The van der Waals surface area contributed by atoms with Gasteiger partial charge < -0.3 is 10.1 Å². The molecule has 6 nitrogen and oxygen atoms in total. The van der Waals surface area contributed by atoms with Gasteiger partial charge in [-0.3, -0.25) is 14.9 Å². The molecule has 1 amide bonds. The van der Waals surface area contributed by atoms with Crippen LogP contribution in [-0.4, -0.2) is 23.2 Å².